The first-order chi connectivity index (χ1) is 24.4. The largest absolute Gasteiger partial charge is 0.438 e. The molecule has 0 spiro atoms. The van der Waals surface area contributed by atoms with Gasteiger partial charge in [0.15, 0.2) is 13.5 Å². The van der Waals surface area contributed by atoms with Gasteiger partial charge in [-0.25, -0.2) is 27.7 Å². The third-order valence-electron chi connectivity index (χ3n) is 8.20. The number of aromatic nitrogens is 2. The molecule has 5 rings (SSSR count). The van der Waals surface area contributed by atoms with Crippen LogP contribution in [0, 0.1) is 17.5 Å². The first kappa shape index (κ1) is 35.9. The van der Waals surface area contributed by atoms with E-state index < -0.39 is 77.5 Å². The molecule has 1 heterocycles. The van der Waals surface area contributed by atoms with Gasteiger partial charge in [0.2, 0.25) is 17.4 Å². The van der Waals surface area contributed by atoms with Crippen LogP contribution in [0.15, 0.2) is 113 Å². The molecule has 0 aliphatic rings. The Morgan fingerprint density at radius 2 is 1.04 bits per heavy atom. The number of carbonyl (C=O) groups is 4. The van der Waals surface area contributed by atoms with Gasteiger partial charge in [0.25, 0.3) is 5.56 Å². The van der Waals surface area contributed by atoms with Crippen molar-refractivity contribution < 1.29 is 41.8 Å². The van der Waals surface area contributed by atoms with Crippen molar-refractivity contribution in [2.45, 2.75) is 39.1 Å². The maximum atomic E-state index is 14.8. The van der Waals surface area contributed by atoms with Crippen LogP contribution in [0.5, 0.6) is 0 Å². The lowest BCUT2D eigenvalue weighted by Gasteiger charge is -2.14. The highest BCUT2D eigenvalue weighted by Crippen LogP contribution is 2.28. The Hall–Kier alpha value is -6.37. The van der Waals surface area contributed by atoms with Gasteiger partial charge < -0.3 is 9.47 Å². The average Bonchev–Trinajstić information content (AvgIpc) is 3.14. The summed E-state index contributed by atoms with van der Waals surface area (Å²) in [5.41, 5.74) is -0.727. The number of benzene rings is 4. The molecule has 0 aliphatic heterocycles. The quantitative estimate of drug-likeness (QED) is 0.123. The fourth-order valence-corrected chi connectivity index (χ4v) is 5.18. The summed E-state index contributed by atoms with van der Waals surface area (Å²) >= 11 is 0. The third kappa shape index (κ3) is 7.93. The molecule has 0 N–H and O–H groups in total. The standard InChI is InChI=1S/C38H29F3N2O8/c1-22(26-13-15-28(30(39)17-26)24-9-5-3-6-10-24)33(44)36(47)50-20-42-19-32(41)35(46)43(38(42)49)21-51-37(48)34(45)23(2)27-14-16-29(31(40)18-27)25-11-7-4-8-12-25/h3-19,22-23H,20-21H2,1-2H3. The van der Waals surface area contributed by atoms with Gasteiger partial charge in [-0.2, -0.15) is 4.39 Å². The zero-order valence-corrected chi connectivity index (χ0v) is 27.2. The number of esters is 2. The second-order valence-corrected chi connectivity index (χ2v) is 11.5. The van der Waals surface area contributed by atoms with Gasteiger partial charge in [-0.1, -0.05) is 98.8 Å². The van der Waals surface area contributed by atoms with E-state index in [2.05, 4.69) is 0 Å². The summed E-state index contributed by atoms with van der Waals surface area (Å²) in [6, 6.07) is 25.4. The lowest BCUT2D eigenvalue weighted by Crippen LogP contribution is -2.43. The predicted octanol–water partition coefficient (Wildman–Crippen LogP) is 5.51. The molecule has 0 fully saturated rings. The molecule has 260 valence electrons. The van der Waals surface area contributed by atoms with Crippen LogP contribution < -0.4 is 11.2 Å². The van der Waals surface area contributed by atoms with Gasteiger partial charge in [0.1, 0.15) is 11.6 Å². The fraction of sp³-hybridized carbons (Fsp3) is 0.158. The van der Waals surface area contributed by atoms with Crippen molar-refractivity contribution in [3.05, 3.63) is 153 Å². The zero-order chi connectivity index (χ0) is 36.8. The molecule has 4 aromatic carbocycles. The minimum Gasteiger partial charge on any atom is -0.438 e. The van der Waals surface area contributed by atoms with Crippen LogP contribution in [0.25, 0.3) is 22.3 Å². The predicted molar refractivity (Wildman–Crippen MR) is 178 cm³/mol. The summed E-state index contributed by atoms with van der Waals surface area (Å²) in [4.78, 5) is 76.0. The molecule has 0 saturated carbocycles. The highest BCUT2D eigenvalue weighted by molar-refractivity contribution is 6.36. The van der Waals surface area contributed by atoms with Crippen LogP contribution in [-0.2, 0) is 42.1 Å². The highest BCUT2D eigenvalue weighted by atomic mass is 19.1. The minimum absolute atomic E-state index is 0.134. The van der Waals surface area contributed by atoms with Crippen LogP contribution >= 0.6 is 0 Å². The lowest BCUT2D eigenvalue weighted by molar-refractivity contribution is -0.158. The van der Waals surface area contributed by atoms with Gasteiger partial charge in [-0.15, -0.1) is 0 Å². The van der Waals surface area contributed by atoms with Crippen LogP contribution in [0.2, 0.25) is 0 Å². The van der Waals surface area contributed by atoms with Crippen LogP contribution in [-0.4, -0.2) is 32.6 Å². The summed E-state index contributed by atoms with van der Waals surface area (Å²) in [6.07, 6.45) is 0.419. The van der Waals surface area contributed by atoms with Crippen molar-refractivity contribution in [3.8, 4) is 22.3 Å². The average molecular weight is 699 g/mol. The fourth-order valence-electron chi connectivity index (χ4n) is 5.18. The van der Waals surface area contributed by atoms with Gasteiger partial charge in [0, 0.05) is 11.1 Å². The Kier molecular flexibility index (Phi) is 10.9. The number of ketones is 2. The van der Waals surface area contributed by atoms with Gasteiger partial charge >= 0.3 is 17.6 Å². The van der Waals surface area contributed by atoms with Crippen molar-refractivity contribution in [1.82, 2.24) is 9.13 Å². The number of hydrogen-bond donors (Lipinski definition) is 0. The van der Waals surface area contributed by atoms with E-state index >= 15 is 0 Å². The Labute approximate surface area is 288 Å². The molecule has 10 nitrogen and oxygen atoms in total. The number of Topliss-reactive ketones (excluding diaryl/α,β-unsaturated/α-hetero) is 2. The second kappa shape index (κ2) is 15.5. The molecule has 5 aromatic rings. The van der Waals surface area contributed by atoms with E-state index in [1.165, 1.54) is 38.1 Å². The zero-order valence-electron chi connectivity index (χ0n) is 27.2. The van der Waals surface area contributed by atoms with E-state index in [1.807, 2.05) is 0 Å². The molecule has 0 saturated heterocycles. The van der Waals surface area contributed by atoms with E-state index in [1.54, 1.807) is 60.7 Å². The molecule has 1 aromatic heterocycles. The van der Waals surface area contributed by atoms with E-state index in [4.69, 9.17) is 9.47 Å². The number of nitrogens with zero attached hydrogens (tertiary/aromatic N) is 2. The Bertz CT molecular complexity index is 2250. The van der Waals surface area contributed by atoms with Gasteiger partial charge in [-0.3, -0.25) is 19.0 Å². The first-order valence-corrected chi connectivity index (χ1v) is 15.5. The lowest BCUT2D eigenvalue weighted by atomic mass is 9.94. The molecule has 0 aliphatic carbocycles. The van der Waals surface area contributed by atoms with E-state index in [9.17, 15) is 41.9 Å². The van der Waals surface area contributed by atoms with E-state index in [0.717, 1.165) is 12.1 Å². The van der Waals surface area contributed by atoms with Gasteiger partial charge in [-0.05, 0) is 34.4 Å². The molecule has 0 bridgehead atoms. The summed E-state index contributed by atoms with van der Waals surface area (Å²) in [5.74, 6) is -10.3. The molecule has 0 radical (unpaired) electrons. The van der Waals surface area contributed by atoms with Crippen molar-refractivity contribution in [2.24, 2.45) is 0 Å². The topological polar surface area (TPSA) is 131 Å². The normalized spacial score (nSPS) is 12.1. The molecule has 2 atom stereocenters. The van der Waals surface area contributed by atoms with Crippen LogP contribution in [0.1, 0.15) is 36.8 Å². The smallest absolute Gasteiger partial charge is 0.376 e. The SMILES string of the molecule is CC(C(=O)C(=O)OCn1cc(F)c(=O)n(COC(=O)C(=O)C(C)c2ccc(-c3ccccc3)c(F)c2)c1=O)c1ccc(-c2ccccc2)c(F)c1. The number of rotatable bonds is 12. The summed E-state index contributed by atoms with van der Waals surface area (Å²) < 4.78 is 54.5. The number of ether oxygens (including phenoxy) is 2. The summed E-state index contributed by atoms with van der Waals surface area (Å²) in [5, 5.41) is 0. The third-order valence-corrected chi connectivity index (χ3v) is 8.20. The first-order valence-electron chi connectivity index (χ1n) is 15.5. The Morgan fingerprint density at radius 1 is 0.608 bits per heavy atom. The minimum atomic E-state index is -1.51. The van der Waals surface area contributed by atoms with Crippen LogP contribution in [0.4, 0.5) is 13.2 Å². The molecule has 13 heteroatoms. The monoisotopic (exact) mass is 698 g/mol. The van der Waals surface area contributed by atoms with Gasteiger partial charge in [0.05, 0.1) is 18.0 Å². The maximum absolute atomic E-state index is 14.8. The summed E-state index contributed by atoms with van der Waals surface area (Å²) in [6.45, 7) is 0.458. The Morgan fingerprint density at radius 3 is 1.47 bits per heavy atom. The van der Waals surface area contributed by atoms with E-state index in [0.29, 0.717) is 21.9 Å². The number of hydrogen-bond acceptors (Lipinski definition) is 8. The maximum Gasteiger partial charge on any atom is 0.376 e. The van der Waals surface area contributed by atoms with Crippen molar-refractivity contribution in [3.63, 3.8) is 0 Å². The molecular formula is C38H29F3N2O8. The highest BCUT2D eigenvalue weighted by Gasteiger charge is 2.28. The molecule has 0 amide bonds. The Balaban J connectivity index is 1.22. The molecule has 2 unspecified atom stereocenters. The van der Waals surface area contributed by atoms with Crippen molar-refractivity contribution in [2.75, 3.05) is 0 Å². The summed E-state index contributed by atoms with van der Waals surface area (Å²) in [7, 11) is 0. The molecule has 51 heavy (non-hydrogen) atoms. The van der Waals surface area contributed by atoms with Crippen LogP contribution in [0.3, 0.4) is 0 Å². The van der Waals surface area contributed by atoms with E-state index in [-0.39, 0.29) is 26.8 Å². The number of halogens is 3. The molecular weight excluding hydrogens is 669 g/mol. The van der Waals surface area contributed by atoms with Crippen molar-refractivity contribution >= 4 is 23.5 Å². The number of carbonyl (C=O) groups excluding carboxylic acids is 4. The second-order valence-electron chi connectivity index (χ2n) is 11.5. The van der Waals surface area contributed by atoms with Crippen molar-refractivity contribution in [1.29, 1.82) is 0 Å².